The molecule has 2 N–H and O–H groups in total. The zero-order valence-corrected chi connectivity index (χ0v) is 8.86. The monoisotopic (exact) mass is 211 g/mol. The lowest BCUT2D eigenvalue weighted by Crippen LogP contribution is -2.38. The van der Waals surface area contributed by atoms with Gasteiger partial charge in [0.15, 0.2) is 4.77 Å². The average molecular weight is 211 g/mol. The normalized spacial score (nSPS) is 22.1. The fourth-order valence-electron chi connectivity index (χ4n) is 1.86. The van der Waals surface area contributed by atoms with E-state index in [-0.39, 0.29) is 11.9 Å². The minimum absolute atomic E-state index is 0.0788. The van der Waals surface area contributed by atoms with E-state index in [9.17, 15) is 4.79 Å². The van der Waals surface area contributed by atoms with Crippen molar-refractivity contribution in [2.45, 2.75) is 25.8 Å². The van der Waals surface area contributed by atoms with Crippen molar-refractivity contribution in [2.24, 2.45) is 0 Å². The fourth-order valence-corrected chi connectivity index (χ4v) is 2.19. The van der Waals surface area contributed by atoms with Crippen LogP contribution in [0.3, 0.4) is 0 Å². The number of imidazole rings is 1. The zero-order chi connectivity index (χ0) is 10.1. The Morgan fingerprint density at radius 2 is 2.43 bits per heavy atom. The number of aromatic amines is 1. The smallest absolute Gasteiger partial charge is 0.243 e. The molecule has 2 rings (SSSR count). The van der Waals surface area contributed by atoms with Crippen molar-refractivity contribution in [1.29, 1.82) is 0 Å². The number of aromatic nitrogens is 2. The highest BCUT2D eigenvalue weighted by atomic mass is 32.1. The first-order chi connectivity index (χ1) is 6.70. The van der Waals surface area contributed by atoms with E-state index in [4.69, 9.17) is 12.2 Å². The van der Waals surface area contributed by atoms with E-state index in [1.54, 1.807) is 0 Å². The van der Waals surface area contributed by atoms with Crippen LogP contribution in [0.4, 0.5) is 0 Å². The highest BCUT2D eigenvalue weighted by molar-refractivity contribution is 7.71. The molecule has 14 heavy (non-hydrogen) atoms. The first-order valence-electron chi connectivity index (χ1n) is 4.74. The van der Waals surface area contributed by atoms with Gasteiger partial charge in [0, 0.05) is 18.4 Å². The van der Waals surface area contributed by atoms with Gasteiger partial charge in [-0.25, -0.2) is 0 Å². The number of hydrogen-bond acceptors (Lipinski definition) is 2. The number of piperidine rings is 1. The van der Waals surface area contributed by atoms with Gasteiger partial charge in [0.25, 0.3) is 0 Å². The maximum Gasteiger partial charge on any atom is 0.243 e. The molecule has 1 unspecified atom stereocenters. The summed E-state index contributed by atoms with van der Waals surface area (Å²) in [6.07, 6.45) is 3.73. The molecular weight excluding hydrogens is 198 g/mol. The summed E-state index contributed by atoms with van der Waals surface area (Å²) in [6, 6.07) is -0.123. The second kappa shape index (κ2) is 3.57. The molecule has 4 nitrogen and oxygen atoms in total. The van der Waals surface area contributed by atoms with E-state index in [1.165, 1.54) is 0 Å². The molecule has 1 atom stereocenters. The van der Waals surface area contributed by atoms with Crippen LogP contribution in [0.15, 0.2) is 6.20 Å². The molecule has 1 aromatic rings. The molecular formula is C9H13N3OS. The van der Waals surface area contributed by atoms with Gasteiger partial charge in [-0.2, -0.15) is 0 Å². The Bertz CT molecular complexity index is 406. The summed E-state index contributed by atoms with van der Waals surface area (Å²) >= 11 is 5.13. The zero-order valence-electron chi connectivity index (χ0n) is 8.04. The first-order valence-corrected chi connectivity index (χ1v) is 5.15. The van der Waals surface area contributed by atoms with Gasteiger partial charge in [-0.3, -0.25) is 4.79 Å². The molecule has 5 heteroatoms. The number of rotatable bonds is 1. The molecule has 1 aliphatic heterocycles. The van der Waals surface area contributed by atoms with Gasteiger partial charge in [0.1, 0.15) is 6.04 Å². The lowest BCUT2D eigenvalue weighted by molar-refractivity contribution is -0.125. The molecule has 1 saturated heterocycles. The van der Waals surface area contributed by atoms with Crippen molar-refractivity contribution in [3.8, 4) is 0 Å². The summed E-state index contributed by atoms with van der Waals surface area (Å²) in [7, 11) is 0. The number of carbonyl (C=O) groups excluding carboxylic acids is 1. The minimum Gasteiger partial charge on any atom is -0.354 e. The summed E-state index contributed by atoms with van der Waals surface area (Å²) in [4.78, 5) is 14.6. The van der Waals surface area contributed by atoms with Crippen molar-refractivity contribution in [3.63, 3.8) is 0 Å². The number of aryl methyl sites for hydroxylation is 1. The third kappa shape index (κ3) is 1.48. The molecule has 0 bridgehead atoms. The topological polar surface area (TPSA) is 49.8 Å². The number of nitrogens with one attached hydrogen (secondary N) is 2. The first kappa shape index (κ1) is 9.45. The Morgan fingerprint density at radius 1 is 1.64 bits per heavy atom. The molecule has 0 aliphatic carbocycles. The van der Waals surface area contributed by atoms with Crippen LogP contribution in [0, 0.1) is 11.7 Å². The van der Waals surface area contributed by atoms with E-state index < -0.39 is 0 Å². The van der Waals surface area contributed by atoms with E-state index in [0.29, 0.717) is 4.77 Å². The van der Waals surface area contributed by atoms with Gasteiger partial charge < -0.3 is 14.9 Å². The molecule has 1 amide bonds. The Morgan fingerprint density at radius 3 is 3.00 bits per heavy atom. The van der Waals surface area contributed by atoms with Crippen LogP contribution in [0.25, 0.3) is 0 Å². The molecule has 0 radical (unpaired) electrons. The van der Waals surface area contributed by atoms with Crippen LogP contribution in [0.1, 0.15) is 24.6 Å². The minimum atomic E-state index is -0.123. The number of carbonyl (C=O) groups is 1. The number of amides is 1. The molecule has 0 spiro atoms. The standard InChI is InChI=1S/C9H13N3OS/c1-6-5-11-9(14)12(6)7-3-2-4-10-8(7)13/h5,7H,2-4H2,1H3,(H,10,13)(H,11,14). The molecule has 76 valence electrons. The van der Waals surface area contributed by atoms with E-state index >= 15 is 0 Å². The second-order valence-electron chi connectivity index (χ2n) is 3.55. The van der Waals surface area contributed by atoms with Crippen molar-refractivity contribution >= 4 is 18.1 Å². The lowest BCUT2D eigenvalue weighted by atomic mass is 10.1. The predicted molar refractivity (Wildman–Crippen MR) is 55.6 cm³/mol. The van der Waals surface area contributed by atoms with Gasteiger partial charge in [0.2, 0.25) is 5.91 Å². The Kier molecular flexibility index (Phi) is 2.41. The predicted octanol–water partition coefficient (Wildman–Crippen LogP) is 1.31. The summed E-state index contributed by atoms with van der Waals surface area (Å²) < 4.78 is 2.52. The largest absolute Gasteiger partial charge is 0.354 e. The Labute approximate surface area is 87.3 Å². The van der Waals surface area contributed by atoms with E-state index in [0.717, 1.165) is 25.1 Å². The fraction of sp³-hybridized carbons (Fsp3) is 0.556. The van der Waals surface area contributed by atoms with Crippen LogP contribution >= 0.6 is 12.2 Å². The number of hydrogen-bond donors (Lipinski definition) is 2. The average Bonchev–Trinajstić information content (AvgIpc) is 2.48. The van der Waals surface area contributed by atoms with Gasteiger partial charge in [0.05, 0.1) is 0 Å². The summed E-state index contributed by atoms with van der Waals surface area (Å²) in [5.74, 6) is 0.0788. The summed E-state index contributed by atoms with van der Waals surface area (Å²) in [6.45, 7) is 2.74. The van der Waals surface area contributed by atoms with Crippen LogP contribution in [0.2, 0.25) is 0 Å². The maximum absolute atomic E-state index is 11.6. The lowest BCUT2D eigenvalue weighted by Gasteiger charge is -2.23. The van der Waals surface area contributed by atoms with E-state index in [1.807, 2.05) is 17.7 Å². The molecule has 0 saturated carbocycles. The van der Waals surface area contributed by atoms with Crippen LogP contribution < -0.4 is 5.32 Å². The van der Waals surface area contributed by atoms with Gasteiger partial charge in [-0.1, -0.05) is 0 Å². The highest BCUT2D eigenvalue weighted by Crippen LogP contribution is 2.19. The van der Waals surface area contributed by atoms with Crippen molar-refractivity contribution < 1.29 is 4.79 Å². The molecule has 1 aromatic heterocycles. The molecule has 1 aliphatic rings. The van der Waals surface area contributed by atoms with Crippen LogP contribution in [0.5, 0.6) is 0 Å². The third-order valence-electron chi connectivity index (χ3n) is 2.57. The quantitative estimate of drug-likeness (QED) is 0.688. The molecule has 0 aromatic carbocycles. The number of H-pyrrole nitrogens is 1. The summed E-state index contributed by atoms with van der Waals surface area (Å²) in [5.41, 5.74) is 1.01. The van der Waals surface area contributed by atoms with Crippen molar-refractivity contribution in [1.82, 2.24) is 14.9 Å². The van der Waals surface area contributed by atoms with Crippen LogP contribution in [-0.2, 0) is 4.79 Å². The Balaban J connectivity index is 2.38. The summed E-state index contributed by atoms with van der Waals surface area (Å²) in [5, 5.41) is 2.85. The SMILES string of the molecule is Cc1c[nH]c(=S)n1C1CCCNC1=O. The second-order valence-corrected chi connectivity index (χ2v) is 3.94. The molecule has 2 heterocycles. The number of nitrogens with zero attached hydrogens (tertiary/aromatic N) is 1. The highest BCUT2D eigenvalue weighted by Gasteiger charge is 2.24. The van der Waals surface area contributed by atoms with Gasteiger partial charge in [-0.05, 0) is 32.0 Å². The van der Waals surface area contributed by atoms with Crippen LogP contribution in [-0.4, -0.2) is 22.0 Å². The maximum atomic E-state index is 11.6. The van der Waals surface area contributed by atoms with Gasteiger partial charge in [-0.15, -0.1) is 0 Å². The van der Waals surface area contributed by atoms with Crippen molar-refractivity contribution in [2.75, 3.05) is 6.54 Å². The van der Waals surface area contributed by atoms with E-state index in [2.05, 4.69) is 10.3 Å². The third-order valence-corrected chi connectivity index (χ3v) is 2.89. The van der Waals surface area contributed by atoms with Crippen molar-refractivity contribution in [3.05, 3.63) is 16.7 Å². The van der Waals surface area contributed by atoms with Gasteiger partial charge >= 0.3 is 0 Å². The molecule has 1 fully saturated rings. The Hall–Kier alpha value is -1.10.